The van der Waals surface area contributed by atoms with Gasteiger partial charge < -0.3 is 0 Å². The Morgan fingerprint density at radius 2 is 1.28 bits per heavy atom. The van der Waals surface area contributed by atoms with Crippen LogP contribution in [0.4, 0.5) is 0 Å². The molecule has 0 spiro atoms. The third-order valence-electron chi connectivity index (χ3n) is 5.69. The Balaban J connectivity index is 1.67. The molecule has 1 aliphatic rings. The SMILES string of the molecule is CCC(C)(C)c1ccc(S(=O)(=O)ON=C2c3ccccc3-c3ccccc32)cc1. The van der Waals surface area contributed by atoms with Gasteiger partial charge in [-0.3, -0.25) is 4.28 Å². The van der Waals surface area contributed by atoms with Crippen LogP contribution in [0.25, 0.3) is 11.1 Å². The van der Waals surface area contributed by atoms with Crippen molar-refractivity contribution in [1.29, 1.82) is 0 Å². The van der Waals surface area contributed by atoms with Gasteiger partial charge in [-0.2, -0.15) is 8.42 Å². The lowest BCUT2D eigenvalue weighted by Gasteiger charge is -2.23. The van der Waals surface area contributed by atoms with Crippen LogP contribution in [0, 0.1) is 0 Å². The van der Waals surface area contributed by atoms with E-state index in [1.54, 1.807) is 12.1 Å². The van der Waals surface area contributed by atoms with Gasteiger partial charge in [0.15, 0.2) is 0 Å². The second-order valence-corrected chi connectivity index (χ2v) is 9.35. The van der Waals surface area contributed by atoms with Crippen LogP contribution in [0.5, 0.6) is 0 Å². The molecule has 4 rings (SSSR count). The van der Waals surface area contributed by atoms with Crippen LogP contribution in [-0.4, -0.2) is 14.1 Å². The van der Waals surface area contributed by atoms with Crippen molar-refractivity contribution in [2.45, 2.75) is 37.5 Å². The predicted molar refractivity (Wildman–Crippen MR) is 116 cm³/mol. The summed E-state index contributed by atoms with van der Waals surface area (Å²) in [5.74, 6) is 0. The molecule has 0 radical (unpaired) electrons. The van der Waals surface area contributed by atoms with Gasteiger partial charge in [0.1, 0.15) is 10.6 Å². The molecule has 0 fully saturated rings. The molecule has 4 nitrogen and oxygen atoms in total. The molecule has 1 aliphatic carbocycles. The molecule has 29 heavy (non-hydrogen) atoms. The number of benzene rings is 3. The number of fused-ring (bicyclic) bond motifs is 3. The van der Waals surface area contributed by atoms with Crippen LogP contribution >= 0.6 is 0 Å². The maximum Gasteiger partial charge on any atom is 0.358 e. The first-order valence-electron chi connectivity index (χ1n) is 9.65. The van der Waals surface area contributed by atoms with Gasteiger partial charge >= 0.3 is 10.1 Å². The molecular formula is C24H23NO3S. The molecule has 0 amide bonds. The summed E-state index contributed by atoms with van der Waals surface area (Å²) < 4.78 is 30.6. The lowest BCUT2D eigenvalue weighted by molar-refractivity contribution is 0.339. The van der Waals surface area contributed by atoms with Crippen molar-refractivity contribution in [1.82, 2.24) is 0 Å². The van der Waals surface area contributed by atoms with Crippen LogP contribution in [0.3, 0.4) is 0 Å². The van der Waals surface area contributed by atoms with E-state index in [0.717, 1.165) is 34.2 Å². The van der Waals surface area contributed by atoms with Gasteiger partial charge in [0.05, 0.1) is 0 Å². The zero-order valence-electron chi connectivity index (χ0n) is 16.7. The number of nitrogens with zero attached hydrogens (tertiary/aromatic N) is 1. The summed E-state index contributed by atoms with van der Waals surface area (Å²) in [6.45, 7) is 6.38. The Bertz CT molecular complexity index is 1150. The molecule has 0 saturated heterocycles. The molecule has 3 aromatic rings. The quantitative estimate of drug-likeness (QED) is 0.411. The number of hydrogen-bond acceptors (Lipinski definition) is 4. The van der Waals surface area contributed by atoms with E-state index >= 15 is 0 Å². The molecule has 5 heteroatoms. The fourth-order valence-corrected chi connectivity index (χ4v) is 4.23. The Labute approximate surface area is 172 Å². The Kier molecular flexibility index (Phi) is 4.79. The summed E-state index contributed by atoms with van der Waals surface area (Å²) in [5, 5.41) is 4.07. The first kappa shape index (κ1) is 19.4. The van der Waals surface area contributed by atoms with Crippen molar-refractivity contribution >= 4 is 15.8 Å². The van der Waals surface area contributed by atoms with E-state index in [9.17, 15) is 8.42 Å². The third-order valence-corrected chi connectivity index (χ3v) is 6.81. The molecule has 0 unspecified atom stereocenters. The third kappa shape index (κ3) is 3.47. The van der Waals surface area contributed by atoms with Crippen LogP contribution in [0.2, 0.25) is 0 Å². The van der Waals surface area contributed by atoms with Crippen LogP contribution < -0.4 is 0 Å². The minimum absolute atomic E-state index is 0.0133. The number of oxime groups is 1. The highest BCUT2D eigenvalue weighted by atomic mass is 32.2. The fourth-order valence-electron chi connectivity index (χ4n) is 3.50. The lowest BCUT2D eigenvalue weighted by Crippen LogP contribution is -2.15. The average molecular weight is 406 g/mol. The van der Waals surface area contributed by atoms with Gasteiger partial charge in [-0.1, -0.05) is 86.6 Å². The van der Waals surface area contributed by atoms with E-state index < -0.39 is 10.1 Å². The normalized spacial score (nSPS) is 13.0. The summed E-state index contributed by atoms with van der Waals surface area (Å²) >= 11 is 0. The van der Waals surface area contributed by atoms with Crippen LogP contribution in [-0.2, 0) is 19.8 Å². The van der Waals surface area contributed by atoms with Gasteiger partial charge in [-0.25, -0.2) is 0 Å². The van der Waals surface area contributed by atoms with Gasteiger partial charge in [0, 0.05) is 11.1 Å². The molecule has 0 heterocycles. The summed E-state index contributed by atoms with van der Waals surface area (Å²) in [7, 11) is -4.01. The monoisotopic (exact) mass is 405 g/mol. The second kappa shape index (κ2) is 7.16. The Morgan fingerprint density at radius 1 is 0.793 bits per heavy atom. The molecule has 0 atom stereocenters. The fraction of sp³-hybridized carbons (Fsp3) is 0.208. The number of rotatable bonds is 5. The van der Waals surface area contributed by atoms with E-state index in [0.29, 0.717) is 5.71 Å². The minimum Gasteiger partial charge on any atom is -0.264 e. The molecule has 0 aliphatic heterocycles. The van der Waals surface area contributed by atoms with Gasteiger partial charge in [-0.15, -0.1) is 0 Å². The maximum absolute atomic E-state index is 12.7. The highest BCUT2D eigenvalue weighted by Crippen LogP contribution is 2.37. The van der Waals surface area contributed by atoms with Crippen LogP contribution in [0.1, 0.15) is 43.9 Å². The zero-order chi connectivity index (χ0) is 20.6. The highest BCUT2D eigenvalue weighted by molar-refractivity contribution is 7.86. The molecule has 148 valence electrons. The van der Waals surface area contributed by atoms with Crippen molar-refractivity contribution in [3.63, 3.8) is 0 Å². The Hall–Kier alpha value is -2.92. The molecule has 0 N–H and O–H groups in total. The molecule has 0 aromatic heterocycles. The lowest BCUT2D eigenvalue weighted by atomic mass is 9.82. The predicted octanol–water partition coefficient (Wildman–Crippen LogP) is 5.51. The first-order chi connectivity index (χ1) is 13.8. The van der Waals surface area contributed by atoms with Crippen molar-refractivity contribution < 1.29 is 12.7 Å². The van der Waals surface area contributed by atoms with E-state index in [1.165, 1.54) is 0 Å². The van der Waals surface area contributed by atoms with Gasteiger partial charge in [0.25, 0.3) is 0 Å². The topological polar surface area (TPSA) is 55.7 Å². The maximum atomic E-state index is 12.7. The first-order valence-corrected chi connectivity index (χ1v) is 11.1. The molecule has 0 saturated carbocycles. The summed E-state index contributed by atoms with van der Waals surface area (Å²) in [5.41, 5.74) is 5.38. The highest BCUT2D eigenvalue weighted by Gasteiger charge is 2.26. The minimum atomic E-state index is -4.01. The van der Waals surface area contributed by atoms with Crippen LogP contribution in [0.15, 0.2) is 82.8 Å². The van der Waals surface area contributed by atoms with E-state index in [2.05, 4.69) is 25.9 Å². The second-order valence-electron chi connectivity index (χ2n) is 7.82. The largest absolute Gasteiger partial charge is 0.358 e. The smallest absolute Gasteiger partial charge is 0.264 e. The summed E-state index contributed by atoms with van der Waals surface area (Å²) in [6.07, 6.45) is 0.960. The average Bonchev–Trinajstić information content (AvgIpc) is 3.06. The summed E-state index contributed by atoms with van der Waals surface area (Å²) in [4.78, 5) is 0.0945. The van der Waals surface area contributed by atoms with Gasteiger partial charge in [-0.05, 0) is 40.7 Å². The van der Waals surface area contributed by atoms with Crippen molar-refractivity contribution in [2.75, 3.05) is 0 Å². The zero-order valence-corrected chi connectivity index (χ0v) is 17.5. The standard InChI is InChI=1S/C24H23NO3S/c1-4-24(2,3)17-13-15-18(16-14-17)29(26,27)28-25-23-21-11-7-5-9-19(21)20-10-6-8-12-22(20)23/h5-16H,4H2,1-3H3. The number of hydrogen-bond donors (Lipinski definition) is 0. The van der Waals surface area contributed by atoms with E-state index in [4.69, 9.17) is 4.28 Å². The van der Waals surface area contributed by atoms with Crippen molar-refractivity contribution in [3.05, 3.63) is 89.5 Å². The van der Waals surface area contributed by atoms with E-state index in [1.807, 2.05) is 60.7 Å². The Morgan fingerprint density at radius 3 is 1.76 bits per heavy atom. The van der Waals surface area contributed by atoms with Crippen molar-refractivity contribution in [2.24, 2.45) is 5.16 Å². The van der Waals surface area contributed by atoms with E-state index in [-0.39, 0.29) is 10.3 Å². The summed E-state index contributed by atoms with van der Waals surface area (Å²) in [6, 6.07) is 22.4. The molecule has 0 bridgehead atoms. The molecule has 3 aromatic carbocycles. The molecular weight excluding hydrogens is 382 g/mol. The van der Waals surface area contributed by atoms with Gasteiger partial charge in [0.2, 0.25) is 0 Å². The van der Waals surface area contributed by atoms with Crippen molar-refractivity contribution in [3.8, 4) is 11.1 Å².